The van der Waals surface area contributed by atoms with Gasteiger partial charge in [0, 0.05) is 19.5 Å². The summed E-state index contributed by atoms with van der Waals surface area (Å²) in [6.45, 7) is 7.81. The van der Waals surface area contributed by atoms with Crippen LogP contribution in [0.15, 0.2) is 30.9 Å². The number of nitrogens with one attached hydrogen (secondary N) is 1. The first-order valence-corrected chi connectivity index (χ1v) is 8.53. The molecule has 0 unspecified atom stereocenters. The number of carbonyl (C=O) groups is 1. The van der Waals surface area contributed by atoms with E-state index in [1.54, 1.807) is 12.1 Å². The summed E-state index contributed by atoms with van der Waals surface area (Å²) >= 11 is 0. The number of rotatable bonds is 7. The fourth-order valence-electron chi connectivity index (χ4n) is 1.95. The number of aryl methyl sites for hydroxylation is 1. The molecular formula is C15H22N2O3S. The Labute approximate surface area is 126 Å². The minimum absolute atomic E-state index is 0.105. The van der Waals surface area contributed by atoms with Crippen LogP contribution in [0.2, 0.25) is 0 Å². The smallest absolute Gasteiger partial charge is 0.232 e. The molecule has 0 aliphatic heterocycles. The van der Waals surface area contributed by atoms with E-state index >= 15 is 0 Å². The van der Waals surface area contributed by atoms with Crippen molar-refractivity contribution in [1.29, 1.82) is 0 Å². The summed E-state index contributed by atoms with van der Waals surface area (Å²) in [5.74, 6) is -0.200. The number of nitrogens with zero attached hydrogens (tertiary/aromatic N) is 1. The maximum Gasteiger partial charge on any atom is 0.232 e. The van der Waals surface area contributed by atoms with E-state index in [9.17, 15) is 13.2 Å². The van der Waals surface area contributed by atoms with E-state index in [-0.39, 0.29) is 18.9 Å². The Morgan fingerprint density at radius 1 is 1.38 bits per heavy atom. The molecule has 1 aromatic rings. The number of sulfonamides is 1. The van der Waals surface area contributed by atoms with Crippen molar-refractivity contribution in [3.8, 4) is 0 Å². The van der Waals surface area contributed by atoms with Gasteiger partial charge in [0.1, 0.15) is 0 Å². The van der Waals surface area contributed by atoms with E-state index in [1.165, 1.54) is 4.31 Å². The second kappa shape index (κ2) is 7.26. The van der Waals surface area contributed by atoms with Crippen LogP contribution in [0.4, 0.5) is 5.69 Å². The van der Waals surface area contributed by atoms with E-state index in [4.69, 9.17) is 0 Å². The van der Waals surface area contributed by atoms with Crippen molar-refractivity contribution in [3.63, 3.8) is 0 Å². The highest BCUT2D eigenvalue weighted by Crippen LogP contribution is 2.25. The van der Waals surface area contributed by atoms with Crippen molar-refractivity contribution >= 4 is 21.6 Å². The first-order valence-electron chi connectivity index (χ1n) is 6.69. The quantitative estimate of drug-likeness (QED) is 0.780. The van der Waals surface area contributed by atoms with Gasteiger partial charge >= 0.3 is 0 Å². The molecule has 1 N–H and O–H groups in total. The summed E-state index contributed by atoms with van der Waals surface area (Å²) < 4.78 is 25.3. The summed E-state index contributed by atoms with van der Waals surface area (Å²) in [5, 5.41) is 2.64. The topological polar surface area (TPSA) is 66.5 Å². The minimum Gasteiger partial charge on any atom is -0.353 e. The third kappa shape index (κ3) is 4.90. The summed E-state index contributed by atoms with van der Waals surface area (Å²) in [6.07, 6.45) is 2.83. The molecule has 0 atom stereocenters. The van der Waals surface area contributed by atoms with Crippen LogP contribution < -0.4 is 9.62 Å². The molecule has 0 radical (unpaired) electrons. The monoisotopic (exact) mass is 310 g/mol. The predicted octanol–water partition coefficient (Wildman–Crippen LogP) is 1.76. The standard InChI is InChI=1S/C15H22N2O3S/c1-5-10-16-15(18)9-11-17(21(4,19)20)14-8-6-7-12(2)13(14)3/h5-8H,1,9-11H2,2-4H3,(H,16,18). The van der Waals surface area contributed by atoms with Crippen LogP contribution in [0.5, 0.6) is 0 Å². The third-order valence-corrected chi connectivity index (χ3v) is 4.41. The van der Waals surface area contributed by atoms with Gasteiger partial charge in [-0.15, -0.1) is 6.58 Å². The fraction of sp³-hybridized carbons (Fsp3) is 0.400. The SMILES string of the molecule is C=CCNC(=O)CCN(c1cccc(C)c1C)S(C)(=O)=O. The minimum atomic E-state index is -3.44. The molecule has 0 bridgehead atoms. The van der Waals surface area contributed by atoms with Gasteiger partial charge < -0.3 is 5.32 Å². The fourth-order valence-corrected chi connectivity index (χ4v) is 2.93. The molecule has 0 aliphatic rings. The molecule has 0 fully saturated rings. The van der Waals surface area contributed by atoms with Crippen molar-refractivity contribution in [2.75, 3.05) is 23.7 Å². The zero-order valence-corrected chi connectivity index (χ0v) is 13.5. The molecular weight excluding hydrogens is 288 g/mol. The predicted molar refractivity (Wildman–Crippen MR) is 85.9 cm³/mol. The number of anilines is 1. The molecule has 0 aromatic heterocycles. The summed E-state index contributed by atoms with van der Waals surface area (Å²) in [6, 6.07) is 5.49. The van der Waals surface area contributed by atoms with Gasteiger partial charge in [0.2, 0.25) is 15.9 Å². The Morgan fingerprint density at radius 2 is 2.05 bits per heavy atom. The Hall–Kier alpha value is -1.82. The lowest BCUT2D eigenvalue weighted by Crippen LogP contribution is -2.35. The molecule has 0 saturated carbocycles. The van der Waals surface area contributed by atoms with Crippen molar-refractivity contribution in [2.45, 2.75) is 20.3 Å². The second-order valence-electron chi connectivity index (χ2n) is 4.90. The van der Waals surface area contributed by atoms with Crippen LogP contribution in [-0.4, -0.2) is 33.7 Å². The maximum atomic E-state index is 12.0. The molecule has 1 amide bonds. The van der Waals surface area contributed by atoms with Crippen molar-refractivity contribution < 1.29 is 13.2 Å². The molecule has 1 rings (SSSR count). The maximum absolute atomic E-state index is 12.0. The van der Waals surface area contributed by atoms with Gasteiger partial charge in [0.25, 0.3) is 0 Å². The zero-order valence-electron chi connectivity index (χ0n) is 12.7. The van der Waals surface area contributed by atoms with Crippen LogP contribution in [0.3, 0.4) is 0 Å². The molecule has 5 nitrogen and oxygen atoms in total. The van der Waals surface area contributed by atoms with Crippen molar-refractivity contribution in [1.82, 2.24) is 5.32 Å². The largest absolute Gasteiger partial charge is 0.353 e. The highest BCUT2D eigenvalue weighted by molar-refractivity contribution is 7.92. The molecule has 21 heavy (non-hydrogen) atoms. The van der Waals surface area contributed by atoms with Crippen LogP contribution in [-0.2, 0) is 14.8 Å². The van der Waals surface area contributed by atoms with Gasteiger partial charge in [-0.05, 0) is 31.0 Å². The number of hydrogen-bond acceptors (Lipinski definition) is 3. The van der Waals surface area contributed by atoms with Crippen LogP contribution in [0.25, 0.3) is 0 Å². The number of amides is 1. The molecule has 1 aromatic carbocycles. The average molecular weight is 310 g/mol. The first kappa shape index (κ1) is 17.2. The van der Waals surface area contributed by atoms with Gasteiger partial charge in [0.15, 0.2) is 0 Å². The molecule has 0 aliphatic carbocycles. The van der Waals surface area contributed by atoms with Crippen molar-refractivity contribution in [2.24, 2.45) is 0 Å². The Morgan fingerprint density at radius 3 is 2.62 bits per heavy atom. The first-order chi connectivity index (χ1) is 9.77. The van der Waals surface area contributed by atoms with Gasteiger partial charge in [0.05, 0.1) is 11.9 Å². The Balaban J connectivity index is 2.95. The van der Waals surface area contributed by atoms with E-state index in [1.807, 2.05) is 26.0 Å². The molecule has 0 heterocycles. The highest BCUT2D eigenvalue weighted by Gasteiger charge is 2.20. The normalized spacial score (nSPS) is 11.0. The molecule has 0 spiro atoms. The van der Waals surface area contributed by atoms with E-state index < -0.39 is 10.0 Å². The number of benzene rings is 1. The lowest BCUT2D eigenvalue weighted by Gasteiger charge is -2.24. The highest BCUT2D eigenvalue weighted by atomic mass is 32.2. The van der Waals surface area contributed by atoms with E-state index in [0.29, 0.717) is 12.2 Å². The molecule has 0 saturated heterocycles. The zero-order chi connectivity index (χ0) is 16.0. The summed E-state index contributed by atoms with van der Waals surface area (Å²) in [4.78, 5) is 11.6. The van der Waals surface area contributed by atoms with E-state index in [0.717, 1.165) is 17.4 Å². The summed E-state index contributed by atoms with van der Waals surface area (Å²) in [7, 11) is -3.44. The number of carbonyl (C=O) groups excluding carboxylic acids is 1. The Kier molecular flexibility index (Phi) is 5.96. The summed E-state index contributed by atoms with van der Waals surface area (Å²) in [5.41, 5.74) is 2.53. The second-order valence-corrected chi connectivity index (χ2v) is 6.80. The number of hydrogen-bond donors (Lipinski definition) is 1. The lowest BCUT2D eigenvalue weighted by atomic mass is 10.1. The molecule has 116 valence electrons. The Bertz CT molecular complexity index is 624. The van der Waals surface area contributed by atoms with Crippen LogP contribution in [0, 0.1) is 13.8 Å². The van der Waals surface area contributed by atoms with Gasteiger partial charge in [-0.25, -0.2) is 8.42 Å². The van der Waals surface area contributed by atoms with Crippen molar-refractivity contribution in [3.05, 3.63) is 42.0 Å². The van der Waals surface area contributed by atoms with Gasteiger partial charge in [-0.1, -0.05) is 18.2 Å². The third-order valence-electron chi connectivity index (χ3n) is 3.23. The average Bonchev–Trinajstić information content (AvgIpc) is 2.39. The van der Waals surface area contributed by atoms with E-state index in [2.05, 4.69) is 11.9 Å². The van der Waals surface area contributed by atoms with Crippen LogP contribution >= 0.6 is 0 Å². The molecule has 6 heteroatoms. The van der Waals surface area contributed by atoms with Crippen LogP contribution in [0.1, 0.15) is 17.5 Å². The van der Waals surface area contributed by atoms with Gasteiger partial charge in [-0.2, -0.15) is 0 Å². The van der Waals surface area contributed by atoms with Gasteiger partial charge in [-0.3, -0.25) is 9.10 Å². The lowest BCUT2D eigenvalue weighted by molar-refractivity contribution is -0.120.